The average molecular weight is 778 g/mol. The summed E-state index contributed by atoms with van der Waals surface area (Å²) in [4.78, 5) is 16.2. The molecule has 0 aromatic rings. The van der Waals surface area contributed by atoms with Crippen LogP contribution >= 0.6 is 12.2 Å². The number of nitrogens with zero attached hydrogens (tertiary/aromatic N) is 1. The maximum Gasteiger partial charge on any atom is 0.352 e. The molecule has 53 heavy (non-hydrogen) atoms. The number of fused-ring (bicyclic) bond motifs is 2. The van der Waals surface area contributed by atoms with Crippen LogP contribution in [0.1, 0.15) is 94.9 Å². The number of methoxy groups -OCH3 is 1. The quantitative estimate of drug-likeness (QED) is 0.219. The summed E-state index contributed by atoms with van der Waals surface area (Å²) in [6.07, 6.45) is -8.53. The van der Waals surface area contributed by atoms with E-state index in [4.69, 9.17) is 50.1 Å². The minimum absolute atomic E-state index is 0.123. The summed E-state index contributed by atoms with van der Waals surface area (Å²) in [5.74, 6) is -3.23. The molecule has 2 bridgehead atoms. The Labute approximate surface area is 321 Å². The van der Waals surface area contributed by atoms with Crippen molar-refractivity contribution in [2.45, 2.75) is 185 Å². The van der Waals surface area contributed by atoms with Crippen LogP contribution in [0.3, 0.4) is 0 Å². The number of ether oxygens (including phenoxy) is 8. The highest BCUT2D eigenvalue weighted by Crippen LogP contribution is 2.43. The molecule has 4 N–H and O–H groups in total. The van der Waals surface area contributed by atoms with Crippen molar-refractivity contribution in [3.63, 3.8) is 0 Å². The maximum absolute atomic E-state index is 14.3. The molecule has 0 spiro atoms. The molecule has 4 rings (SSSR count). The lowest BCUT2D eigenvalue weighted by atomic mass is 9.73. The van der Waals surface area contributed by atoms with E-state index in [1.54, 1.807) is 34.6 Å². The number of carbonyl (C=O) groups is 1. The SMILES string of the molecule is CC[C@H]1OC(=O)[C@H](C)[C@@H](O[C@H]2C[C@@](C)(OC)[C@@H](O)[C@H](C)O2)[C@H](C)[C@@H](O[C@@H]2O[C@H](C)C[C@H](N(C)C)[C@H]2O)C(C)(O)C[C@@H](C)[C@H]2OC(=S)O[C@H]([C@H]2C)[C@]1(C)O. The van der Waals surface area contributed by atoms with E-state index in [-0.39, 0.29) is 42.6 Å². The zero-order chi connectivity index (χ0) is 40.0. The first-order valence-corrected chi connectivity index (χ1v) is 19.6. The van der Waals surface area contributed by atoms with Crippen LogP contribution in [-0.2, 0) is 42.7 Å². The number of hydrogen-bond donors (Lipinski definition) is 4. The van der Waals surface area contributed by atoms with Gasteiger partial charge in [-0.05, 0) is 80.8 Å². The summed E-state index contributed by atoms with van der Waals surface area (Å²) in [6.45, 7) is 17.7. The van der Waals surface area contributed by atoms with Crippen LogP contribution in [0.5, 0.6) is 0 Å². The van der Waals surface area contributed by atoms with E-state index in [9.17, 15) is 25.2 Å². The first kappa shape index (κ1) is 44.5. The maximum atomic E-state index is 14.3. The highest BCUT2D eigenvalue weighted by atomic mass is 32.1. The summed E-state index contributed by atoms with van der Waals surface area (Å²) >= 11 is 5.42. The minimum atomic E-state index is -1.68. The van der Waals surface area contributed by atoms with Crippen molar-refractivity contribution in [1.29, 1.82) is 0 Å². The summed E-state index contributed by atoms with van der Waals surface area (Å²) in [5, 5.41) is 47.1. The Balaban J connectivity index is 1.84. The van der Waals surface area contributed by atoms with Crippen LogP contribution in [0, 0.1) is 23.7 Å². The first-order valence-electron chi connectivity index (χ1n) is 19.2. The van der Waals surface area contributed by atoms with Gasteiger partial charge in [0, 0.05) is 43.6 Å². The molecule has 0 aromatic heterocycles. The van der Waals surface area contributed by atoms with Gasteiger partial charge in [-0.25, -0.2) is 0 Å². The van der Waals surface area contributed by atoms with Gasteiger partial charge < -0.3 is 63.2 Å². The lowest BCUT2D eigenvalue weighted by Gasteiger charge is -2.50. The van der Waals surface area contributed by atoms with E-state index in [1.165, 1.54) is 7.11 Å². The largest absolute Gasteiger partial charge is 0.459 e. The van der Waals surface area contributed by atoms with Crippen molar-refractivity contribution in [2.24, 2.45) is 23.7 Å². The zero-order valence-electron chi connectivity index (χ0n) is 33.9. The number of rotatable bonds is 7. The molecule has 0 radical (unpaired) electrons. The average Bonchev–Trinajstić information content (AvgIpc) is 3.07. The number of thiocarbonyl (C=S) groups is 1. The number of carbonyl (C=O) groups excluding carboxylic acids is 1. The molecule has 1 unspecified atom stereocenters. The predicted molar refractivity (Wildman–Crippen MR) is 198 cm³/mol. The summed E-state index contributed by atoms with van der Waals surface area (Å²) in [7, 11) is 5.27. The molecule has 0 amide bonds. The Morgan fingerprint density at radius 1 is 0.925 bits per heavy atom. The lowest BCUT2D eigenvalue weighted by molar-refractivity contribution is -0.318. The number of esters is 1. The molecule has 0 aromatic carbocycles. The standard InChI is InChI=1S/C38H67NO13S/c1-14-25-38(10,44)32-20(4)28(50-35(53)52-32)18(2)16-36(8,43)31(51-34-27(40)24(39(11)12)15-19(3)46-34)21(5)29(22(6)33(42)48-25)49-26-17-37(9,45-13)30(41)23(7)47-26/h18-32,34,40-41,43-44H,14-17H2,1-13H3/t18-,19-,20+,21+,22-,23+,24+,25-,26+,27-,28-,29+,30+,31-,32-,34+,36?,37-,38-/m1/s1. The molecule has 4 aliphatic heterocycles. The van der Waals surface area contributed by atoms with Gasteiger partial charge in [-0.3, -0.25) is 4.79 Å². The van der Waals surface area contributed by atoms with Crippen molar-refractivity contribution >= 4 is 23.4 Å². The fraction of sp³-hybridized carbons (Fsp3) is 0.947. The van der Waals surface area contributed by atoms with Gasteiger partial charge in [0.2, 0.25) is 0 Å². The molecule has 14 nitrogen and oxygen atoms in total. The van der Waals surface area contributed by atoms with E-state index in [2.05, 4.69) is 0 Å². The Morgan fingerprint density at radius 3 is 2.15 bits per heavy atom. The van der Waals surface area contributed by atoms with Crippen LogP contribution < -0.4 is 0 Å². The van der Waals surface area contributed by atoms with E-state index in [1.807, 2.05) is 53.6 Å². The molecule has 4 fully saturated rings. The highest BCUT2D eigenvalue weighted by molar-refractivity contribution is 7.79. The molecule has 308 valence electrons. The summed E-state index contributed by atoms with van der Waals surface area (Å²) < 4.78 is 49.8. The second-order valence-corrected chi connectivity index (χ2v) is 17.5. The molecule has 4 heterocycles. The third-order valence-electron chi connectivity index (χ3n) is 12.4. The molecule has 15 heteroatoms. The van der Waals surface area contributed by atoms with Crippen LogP contribution in [0.2, 0.25) is 0 Å². The van der Waals surface area contributed by atoms with Gasteiger partial charge in [0.15, 0.2) is 12.6 Å². The lowest BCUT2D eigenvalue weighted by Crippen LogP contribution is -2.63. The normalized spacial score (nSPS) is 50.5. The van der Waals surface area contributed by atoms with Crippen molar-refractivity contribution in [3.8, 4) is 0 Å². The van der Waals surface area contributed by atoms with E-state index in [0.717, 1.165) is 0 Å². The fourth-order valence-electron chi connectivity index (χ4n) is 9.26. The van der Waals surface area contributed by atoms with Gasteiger partial charge >= 0.3 is 11.2 Å². The van der Waals surface area contributed by atoms with Crippen molar-refractivity contribution in [2.75, 3.05) is 21.2 Å². The van der Waals surface area contributed by atoms with E-state index in [0.29, 0.717) is 6.42 Å². The molecule has 0 aliphatic carbocycles. The number of aliphatic hydroxyl groups excluding tert-OH is 2. The minimum Gasteiger partial charge on any atom is -0.459 e. The van der Waals surface area contributed by atoms with Crippen LogP contribution in [0.4, 0.5) is 0 Å². The number of likely N-dealkylation sites (N-methyl/N-ethyl adjacent to an activating group) is 1. The van der Waals surface area contributed by atoms with Gasteiger partial charge in [-0.2, -0.15) is 0 Å². The topological polar surface area (TPSA) is 175 Å². The number of aliphatic hydroxyl groups is 4. The molecule has 4 saturated heterocycles. The Morgan fingerprint density at radius 2 is 1.57 bits per heavy atom. The van der Waals surface area contributed by atoms with Crippen LogP contribution in [0.15, 0.2) is 0 Å². The number of cyclic esters (lactones) is 1. The summed E-state index contributed by atoms with van der Waals surface area (Å²) in [6, 6.07) is -0.286. The Kier molecular flexibility index (Phi) is 14.3. The van der Waals surface area contributed by atoms with Crippen LogP contribution in [0.25, 0.3) is 0 Å². The molecular formula is C38H67NO13S. The van der Waals surface area contributed by atoms with Gasteiger partial charge in [0.05, 0.1) is 41.5 Å². The molecule has 4 aliphatic rings. The van der Waals surface area contributed by atoms with Gasteiger partial charge in [0.25, 0.3) is 0 Å². The predicted octanol–water partition coefficient (Wildman–Crippen LogP) is 2.92. The zero-order valence-corrected chi connectivity index (χ0v) is 34.7. The fourth-order valence-corrected chi connectivity index (χ4v) is 9.47. The van der Waals surface area contributed by atoms with Crippen molar-refractivity contribution < 1.29 is 63.1 Å². The van der Waals surface area contributed by atoms with Gasteiger partial charge in [-0.15, -0.1) is 0 Å². The van der Waals surface area contributed by atoms with Crippen LogP contribution in [-0.4, -0.2) is 148 Å². The summed E-state index contributed by atoms with van der Waals surface area (Å²) in [5.41, 5.74) is -4.34. The van der Waals surface area contributed by atoms with Crippen molar-refractivity contribution in [1.82, 2.24) is 4.90 Å². The Bertz CT molecular complexity index is 1250. The second-order valence-electron chi connectivity index (χ2n) is 17.1. The molecule has 0 saturated carbocycles. The number of hydrogen-bond acceptors (Lipinski definition) is 15. The molecule has 19 atom stereocenters. The third kappa shape index (κ3) is 9.33. The van der Waals surface area contributed by atoms with Crippen molar-refractivity contribution in [3.05, 3.63) is 0 Å². The smallest absolute Gasteiger partial charge is 0.352 e. The third-order valence-corrected chi connectivity index (χ3v) is 12.6. The van der Waals surface area contributed by atoms with Gasteiger partial charge in [-0.1, -0.05) is 27.7 Å². The first-order chi connectivity index (χ1) is 24.5. The second kappa shape index (κ2) is 17.1. The van der Waals surface area contributed by atoms with Gasteiger partial charge in [0.1, 0.15) is 36.1 Å². The van der Waals surface area contributed by atoms with E-state index < -0.39 is 102 Å². The van der Waals surface area contributed by atoms with E-state index >= 15 is 0 Å². The monoisotopic (exact) mass is 777 g/mol. The Hall–Kier alpha value is -1.24. The highest BCUT2D eigenvalue weighted by Gasteiger charge is 2.56. The molecular weight excluding hydrogens is 710 g/mol.